The molecule has 0 radical (unpaired) electrons. The summed E-state index contributed by atoms with van der Waals surface area (Å²) in [7, 11) is -4.12. The Morgan fingerprint density at radius 1 is 0.930 bits per heavy atom. The molecule has 17 heteroatoms. The van der Waals surface area contributed by atoms with E-state index < -0.39 is 70.5 Å². The van der Waals surface area contributed by atoms with Gasteiger partial charge in [-0.3, -0.25) is 28.3 Å². The van der Waals surface area contributed by atoms with Crippen molar-refractivity contribution < 1.29 is 36.8 Å². The second kappa shape index (κ2) is 18.9. The van der Waals surface area contributed by atoms with Crippen molar-refractivity contribution in [2.45, 2.75) is 58.7 Å². The summed E-state index contributed by atoms with van der Waals surface area (Å²) in [4.78, 5) is 73.8. The van der Waals surface area contributed by atoms with Crippen LogP contribution in [-0.2, 0) is 48.6 Å². The van der Waals surface area contributed by atoms with Crippen LogP contribution in [-0.4, -0.2) is 103 Å². The minimum Gasteiger partial charge on any atom is -0.354 e. The average Bonchev–Trinajstić information content (AvgIpc) is 3.49. The number of sulfonamides is 1. The second-order valence-corrected chi connectivity index (χ2v) is 16.4. The van der Waals surface area contributed by atoms with Crippen LogP contribution < -0.4 is 25.6 Å². The van der Waals surface area contributed by atoms with Crippen molar-refractivity contribution in [3.05, 3.63) is 95.6 Å². The molecule has 3 aromatic carbocycles. The van der Waals surface area contributed by atoms with Crippen molar-refractivity contribution in [3.8, 4) is 0 Å². The summed E-state index contributed by atoms with van der Waals surface area (Å²) in [5.41, 5.74) is 2.36. The number of nitrogens with one attached hydrogen (secondary N) is 4. The van der Waals surface area contributed by atoms with Gasteiger partial charge in [0.15, 0.2) is 0 Å². The lowest BCUT2D eigenvalue weighted by Crippen LogP contribution is -2.55. The number of carbonyl (C=O) groups excluding carboxylic acids is 5. The number of fused-ring (bicyclic) bond motifs is 1. The monoisotopic (exact) mass is 804 g/mol. The number of hydrogen-bond acceptors (Lipinski definition) is 8. The molecular formula is C40H49FN8O7S. The van der Waals surface area contributed by atoms with Crippen molar-refractivity contribution in [1.29, 1.82) is 0 Å². The number of aryl methyl sites for hydroxylation is 1. The largest absolute Gasteiger partial charge is 0.354 e. The third-order valence-corrected chi connectivity index (χ3v) is 10.5. The van der Waals surface area contributed by atoms with E-state index in [9.17, 15) is 36.8 Å². The second-order valence-electron chi connectivity index (χ2n) is 14.5. The summed E-state index contributed by atoms with van der Waals surface area (Å²) in [6.45, 7) is 4.70. The summed E-state index contributed by atoms with van der Waals surface area (Å²) in [5, 5.41) is 11.0. The highest BCUT2D eigenvalue weighted by atomic mass is 32.2. The minimum atomic E-state index is -4.12. The molecule has 1 aliphatic heterocycles. The van der Waals surface area contributed by atoms with Crippen LogP contribution in [0.4, 0.5) is 10.1 Å². The highest BCUT2D eigenvalue weighted by Gasteiger charge is 2.29. The Hall–Kier alpha value is -5.84. The van der Waals surface area contributed by atoms with Crippen LogP contribution >= 0.6 is 0 Å². The van der Waals surface area contributed by atoms with Crippen LogP contribution in [0.15, 0.2) is 72.8 Å². The number of anilines is 1. The van der Waals surface area contributed by atoms with Gasteiger partial charge in [-0.15, -0.1) is 0 Å². The lowest BCUT2D eigenvalue weighted by atomic mass is 10.0. The summed E-state index contributed by atoms with van der Waals surface area (Å²) in [5.74, 6) is -2.71. The lowest BCUT2D eigenvalue weighted by molar-refractivity contribution is -0.136. The molecular weight excluding hydrogens is 756 g/mol. The predicted octanol–water partition coefficient (Wildman–Crippen LogP) is 2.15. The molecule has 1 aromatic heterocycles. The van der Waals surface area contributed by atoms with Gasteiger partial charge in [0.25, 0.3) is 5.91 Å². The summed E-state index contributed by atoms with van der Waals surface area (Å²) < 4.78 is 42.6. The number of amides is 5. The van der Waals surface area contributed by atoms with Gasteiger partial charge in [-0.2, -0.15) is 0 Å². The lowest BCUT2D eigenvalue weighted by Gasteiger charge is -2.28. The molecule has 4 N–H and O–H groups in total. The number of halogens is 1. The van der Waals surface area contributed by atoms with E-state index in [0.29, 0.717) is 48.5 Å². The fourth-order valence-corrected chi connectivity index (χ4v) is 7.33. The fraction of sp³-hybridized carbons (Fsp3) is 0.400. The van der Waals surface area contributed by atoms with Gasteiger partial charge in [0.05, 0.1) is 29.5 Å². The topological polar surface area (TPSA) is 192 Å². The van der Waals surface area contributed by atoms with Gasteiger partial charge in [-0.05, 0) is 61.2 Å². The number of carbonyl (C=O) groups is 5. The maximum Gasteiger partial charge on any atom is 0.251 e. The molecule has 4 aromatic rings. The van der Waals surface area contributed by atoms with Crippen LogP contribution in [0.1, 0.15) is 48.9 Å². The zero-order valence-electron chi connectivity index (χ0n) is 32.5. The summed E-state index contributed by atoms with van der Waals surface area (Å²) in [6.07, 6.45) is 2.13. The smallest absolute Gasteiger partial charge is 0.251 e. The first-order valence-corrected chi connectivity index (χ1v) is 20.6. The molecule has 5 rings (SSSR count). The first-order chi connectivity index (χ1) is 27.1. The van der Waals surface area contributed by atoms with Gasteiger partial charge in [0.2, 0.25) is 33.7 Å². The standard InChI is InChI=1S/C40H49FN8O7S/c1-26(2)20-35-45-32-15-14-29-22-34(32)48(35)18-9-16-42-38(52)27(3)44-40(54)33(21-28-10-6-5-7-11-28)46-36(50)24-47(19-17-43-39(29)53)37(51)25-49(57(4,55)56)31-13-8-12-30(41)23-31/h5-8,10-15,22-23,26-27,33H,9,16-21,24-25H2,1-4H3,(H,42,52)(H,43,53)(H,44,54)(H,46,50)/t27-,33+/m1/s1. The normalized spacial score (nSPS) is 18.0. The van der Waals surface area contributed by atoms with E-state index in [1.165, 1.54) is 19.1 Å². The Balaban J connectivity index is 1.47. The highest BCUT2D eigenvalue weighted by Crippen LogP contribution is 2.22. The molecule has 0 spiro atoms. The molecule has 2 heterocycles. The van der Waals surface area contributed by atoms with E-state index in [4.69, 9.17) is 4.98 Å². The van der Waals surface area contributed by atoms with Gasteiger partial charge in [-0.1, -0.05) is 50.2 Å². The number of imidazole rings is 1. The number of rotatable bonds is 8. The van der Waals surface area contributed by atoms with E-state index in [1.54, 1.807) is 48.5 Å². The Morgan fingerprint density at radius 2 is 1.68 bits per heavy atom. The SMILES string of the molecule is CC(C)Cc1nc2ccc3cc2n1CCCNC(=O)[C@@H](C)NC(=O)[C@H](Cc1ccccc1)NC(=O)CN(C(=O)CN(c1cccc(F)c1)S(C)(=O)=O)CCNC3=O. The van der Waals surface area contributed by atoms with Crippen LogP contribution in [0, 0.1) is 11.7 Å². The Morgan fingerprint density at radius 3 is 2.39 bits per heavy atom. The van der Waals surface area contributed by atoms with Crippen molar-refractivity contribution in [3.63, 3.8) is 0 Å². The molecule has 5 amide bonds. The molecule has 0 fully saturated rings. The number of benzene rings is 3. The third kappa shape index (κ3) is 11.6. The first kappa shape index (κ1) is 42.3. The van der Waals surface area contributed by atoms with Gasteiger partial charge in [0, 0.05) is 44.6 Å². The van der Waals surface area contributed by atoms with Crippen molar-refractivity contribution in [1.82, 2.24) is 35.7 Å². The van der Waals surface area contributed by atoms with Crippen LogP contribution in [0.3, 0.4) is 0 Å². The van der Waals surface area contributed by atoms with E-state index >= 15 is 0 Å². The Kier molecular flexibility index (Phi) is 14.0. The molecule has 0 saturated carbocycles. The highest BCUT2D eigenvalue weighted by molar-refractivity contribution is 7.92. The summed E-state index contributed by atoms with van der Waals surface area (Å²) >= 11 is 0. The van der Waals surface area contributed by atoms with Gasteiger partial charge >= 0.3 is 0 Å². The summed E-state index contributed by atoms with van der Waals surface area (Å²) in [6, 6.07) is 16.6. The van der Waals surface area contributed by atoms with Gasteiger partial charge < -0.3 is 30.7 Å². The molecule has 15 nitrogen and oxygen atoms in total. The van der Waals surface area contributed by atoms with E-state index in [0.717, 1.165) is 38.9 Å². The van der Waals surface area contributed by atoms with E-state index in [2.05, 4.69) is 35.1 Å². The fourth-order valence-electron chi connectivity index (χ4n) is 6.49. The average molecular weight is 805 g/mol. The third-order valence-electron chi connectivity index (χ3n) is 9.35. The molecule has 1 aliphatic rings. The van der Waals surface area contributed by atoms with Crippen LogP contribution in [0.5, 0.6) is 0 Å². The maximum absolute atomic E-state index is 14.2. The molecule has 2 atom stereocenters. The minimum absolute atomic E-state index is 0.0503. The zero-order chi connectivity index (χ0) is 41.3. The number of nitrogens with zero attached hydrogens (tertiary/aromatic N) is 4. The van der Waals surface area contributed by atoms with Crippen molar-refractivity contribution in [2.24, 2.45) is 5.92 Å². The number of hydrogen-bond donors (Lipinski definition) is 4. The Bertz CT molecular complexity index is 2210. The maximum atomic E-state index is 14.2. The molecule has 0 saturated heterocycles. The van der Waals surface area contributed by atoms with Crippen molar-refractivity contribution in [2.75, 3.05) is 43.3 Å². The number of aromatic nitrogens is 2. The Labute approximate surface area is 331 Å². The quantitative estimate of drug-likeness (QED) is 0.208. The van der Waals surface area contributed by atoms with E-state index in [-0.39, 0.29) is 25.2 Å². The van der Waals surface area contributed by atoms with Crippen LogP contribution in [0.2, 0.25) is 0 Å². The molecule has 0 aliphatic carbocycles. The van der Waals surface area contributed by atoms with E-state index in [1.807, 2.05) is 4.57 Å². The first-order valence-electron chi connectivity index (χ1n) is 18.8. The molecule has 304 valence electrons. The predicted molar refractivity (Wildman–Crippen MR) is 213 cm³/mol. The molecule has 2 bridgehead atoms. The van der Waals surface area contributed by atoms with Crippen molar-refractivity contribution >= 4 is 56.3 Å². The molecule has 57 heavy (non-hydrogen) atoms. The molecule has 0 unspecified atom stereocenters. The van der Waals surface area contributed by atoms with Crippen LogP contribution in [0.25, 0.3) is 11.0 Å². The van der Waals surface area contributed by atoms with Gasteiger partial charge in [0.1, 0.15) is 30.3 Å². The zero-order valence-corrected chi connectivity index (χ0v) is 33.3. The van der Waals surface area contributed by atoms with Gasteiger partial charge in [-0.25, -0.2) is 17.8 Å².